The second-order valence-electron chi connectivity index (χ2n) is 6.54. The number of sulfonamides is 1. The molecular weight excluding hydrogens is 463 g/mol. The zero-order chi connectivity index (χ0) is 24.3. The standard InChI is InChI=1S/C22H16F3NO6S/c1-31-16-7-4-15(5-8-16)26(22(28)18-9-14(23)10-19(24)21(18)25)33(29,30)20-11-17(32-2)6-3-13(20)12-27/h3-12H,1-2H3. The quantitative estimate of drug-likeness (QED) is 0.376. The highest BCUT2D eigenvalue weighted by molar-refractivity contribution is 7.93. The van der Waals surface area contributed by atoms with E-state index in [1.807, 2.05) is 0 Å². The number of benzene rings is 3. The summed E-state index contributed by atoms with van der Waals surface area (Å²) in [5.74, 6) is -5.95. The number of halogens is 3. The molecule has 0 unspecified atom stereocenters. The van der Waals surface area contributed by atoms with Crippen molar-refractivity contribution in [1.82, 2.24) is 0 Å². The van der Waals surface area contributed by atoms with Crippen molar-refractivity contribution in [2.45, 2.75) is 4.90 Å². The van der Waals surface area contributed by atoms with E-state index in [9.17, 15) is 31.2 Å². The molecule has 0 aliphatic heterocycles. The zero-order valence-corrected chi connectivity index (χ0v) is 18.0. The molecule has 11 heteroatoms. The van der Waals surface area contributed by atoms with Crippen LogP contribution in [0.4, 0.5) is 18.9 Å². The average molecular weight is 479 g/mol. The van der Waals surface area contributed by atoms with Crippen molar-refractivity contribution in [3.05, 3.63) is 83.2 Å². The molecule has 0 saturated carbocycles. The normalized spacial score (nSPS) is 11.1. The highest BCUT2D eigenvalue weighted by Crippen LogP contribution is 2.31. The summed E-state index contributed by atoms with van der Waals surface area (Å²) >= 11 is 0. The van der Waals surface area contributed by atoms with Crippen LogP contribution in [0.1, 0.15) is 20.7 Å². The topological polar surface area (TPSA) is 90.0 Å². The van der Waals surface area contributed by atoms with Crippen LogP contribution < -0.4 is 13.8 Å². The summed E-state index contributed by atoms with van der Waals surface area (Å²) in [4.78, 5) is 24.1. The molecule has 0 aromatic heterocycles. The molecule has 0 fully saturated rings. The lowest BCUT2D eigenvalue weighted by Crippen LogP contribution is -2.38. The molecule has 0 N–H and O–H groups in total. The Bertz CT molecular complexity index is 1330. The van der Waals surface area contributed by atoms with Crippen LogP contribution in [0, 0.1) is 17.5 Å². The Morgan fingerprint density at radius 2 is 1.52 bits per heavy atom. The second kappa shape index (κ2) is 9.33. The number of aldehydes is 1. The first-order valence-electron chi connectivity index (χ1n) is 9.15. The van der Waals surface area contributed by atoms with Crippen LogP contribution in [-0.2, 0) is 10.0 Å². The first-order valence-corrected chi connectivity index (χ1v) is 10.6. The Morgan fingerprint density at radius 3 is 2.09 bits per heavy atom. The number of nitrogens with zero attached hydrogens (tertiary/aromatic N) is 1. The third kappa shape index (κ3) is 4.53. The Morgan fingerprint density at radius 1 is 0.909 bits per heavy atom. The van der Waals surface area contributed by atoms with Crippen LogP contribution in [-0.4, -0.2) is 34.8 Å². The highest BCUT2D eigenvalue weighted by atomic mass is 32.2. The fourth-order valence-corrected chi connectivity index (χ4v) is 4.56. The molecule has 0 aliphatic rings. The van der Waals surface area contributed by atoms with Crippen molar-refractivity contribution >= 4 is 27.9 Å². The minimum absolute atomic E-state index is 0.0456. The summed E-state index contributed by atoms with van der Waals surface area (Å²) in [6.45, 7) is 0. The molecular formula is C22H16F3NO6S. The van der Waals surface area contributed by atoms with Crippen molar-refractivity contribution in [3.63, 3.8) is 0 Å². The first-order chi connectivity index (χ1) is 15.6. The number of carbonyl (C=O) groups excluding carboxylic acids is 2. The Kier molecular flexibility index (Phi) is 6.73. The van der Waals surface area contributed by atoms with Crippen LogP contribution in [0.3, 0.4) is 0 Å². The maximum absolute atomic E-state index is 14.4. The summed E-state index contributed by atoms with van der Waals surface area (Å²) in [5, 5.41) is 0. The Hall–Kier alpha value is -3.86. The predicted octanol–water partition coefficient (Wildman–Crippen LogP) is 3.97. The fourth-order valence-electron chi connectivity index (χ4n) is 2.96. The molecule has 33 heavy (non-hydrogen) atoms. The molecule has 0 aliphatic carbocycles. The van der Waals surface area contributed by atoms with E-state index in [1.165, 1.54) is 44.6 Å². The number of methoxy groups -OCH3 is 2. The van der Waals surface area contributed by atoms with Crippen LogP contribution in [0.2, 0.25) is 0 Å². The second-order valence-corrected chi connectivity index (χ2v) is 8.30. The van der Waals surface area contributed by atoms with Crippen LogP contribution in [0.15, 0.2) is 59.5 Å². The molecule has 0 atom stereocenters. The smallest absolute Gasteiger partial charge is 0.275 e. The van der Waals surface area contributed by atoms with Gasteiger partial charge in [-0.2, -0.15) is 4.31 Å². The van der Waals surface area contributed by atoms with Gasteiger partial charge in [0, 0.05) is 17.7 Å². The molecule has 3 aromatic rings. The molecule has 0 spiro atoms. The van der Waals surface area contributed by atoms with Gasteiger partial charge in [-0.1, -0.05) is 0 Å². The van der Waals surface area contributed by atoms with Gasteiger partial charge in [0.1, 0.15) is 22.2 Å². The number of anilines is 1. The lowest BCUT2D eigenvalue weighted by atomic mass is 10.1. The van der Waals surface area contributed by atoms with E-state index in [0.717, 1.165) is 12.1 Å². The van der Waals surface area contributed by atoms with E-state index in [0.29, 0.717) is 11.8 Å². The van der Waals surface area contributed by atoms with Crippen LogP contribution in [0.25, 0.3) is 0 Å². The largest absolute Gasteiger partial charge is 0.497 e. The van der Waals surface area contributed by atoms with E-state index in [-0.39, 0.29) is 33.7 Å². The van der Waals surface area contributed by atoms with Crippen molar-refractivity contribution in [3.8, 4) is 11.5 Å². The fraction of sp³-hybridized carbons (Fsp3) is 0.0909. The number of ether oxygens (including phenoxy) is 2. The summed E-state index contributed by atoms with van der Waals surface area (Å²) in [6.07, 6.45) is 0.242. The molecule has 0 heterocycles. The van der Waals surface area contributed by atoms with E-state index >= 15 is 0 Å². The van der Waals surface area contributed by atoms with Gasteiger partial charge in [-0.15, -0.1) is 0 Å². The van der Waals surface area contributed by atoms with Crippen molar-refractivity contribution in [1.29, 1.82) is 0 Å². The van der Waals surface area contributed by atoms with Crippen molar-refractivity contribution in [2.24, 2.45) is 0 Å². The highest BCUT2D eigenvalue weighted by Gasteiger charge is 2.36. The first kappa shape index (κ1) is 23.8. The molecule has 3 rings (SSSR count). The molecule has 172 valence electrons. The zero-order valence-electron chi connectivity index (χ0n) is 17.2. The lowest BCUT2D eigenvalue weighted by molar-refractivity contribution is 0.0999. The van der Waals surface area contributed by atoms with Gasteiger partial charge in [0.25, 0.3) is 15.9 Å². The van der Waals surface area contributed by atoms with E-state index in [2.05, 4.69) is 0 Å². The Balaban J connectivity index is 2.30. The van der Waals surface area contributed by atoms with Gasteiger partial charge in [-0.25, -0.2) is 21.6 Å². The number of hydrogen-bond donors (Lipinski definition) is 0. The number of carbonyl (C=O) groups is 2. The summed E-state index contributed by atoms with van der Waals surface area (Å²) < 4.78 is 79.3. The number of rotatable bonds is 7. The average Bonchev–Trinajstić information content (AvgIpc) is 2.81. The molecule has 0 bridgehead atoms. The van der Waals surface area contributed by atoms with Gasteiger partial charge in [0.05, 0.1) is 25.5 Å². The predicted molar refractivity (Wildman–Crippen MR) is 112 cm³/mol. The van der Waals surface area contributed by atoms with Gasteiger partial charge in [-0.05, 0) is 42.5 Å². The maximum atomic E-state index is 14.4. The molecule has 1 amide bonds. The van der Waals surface area contributed by atoms with E-state index in [4.69, 9.17) is 9.47 Å². The third-order valence-corrected chi connectivity index (χ3v) is 6.35. The van der Waals surface area contributed by atoms with Gasteiger partial charge < -0.3 is 9.47 Å². The monoisotopic (exact) mass is 479 g/mol. The molecule has 0 radical (unpaired) electrons. The molecule has 3 aromatic carbocycles. The lowest BCUT2D eigenvalue weighted by Gasteiger charge is -2.24. The molecule has 7 nitrogen and oxygen atoms in total. The van der Waals surface area contributed by atoms with E-state index in [1.54, 1.807) is 0 Å². The van der Waals surface area contributed by atoms with Gasteiger partial charge in [-0.3, -0.25) is 9.59 Å². The summed E-state index contributed by atoms with van der Waals surface area (Å²) in [6, 6.07) is 9.03. The SMILES string of the molecule is COc1ccc(N(C(=O)c2cc(F)cc(F)c2F)S(=O)(=O)c2cc(OC)ccc2C=O)cc1. The summed E-state index contributed by atoms with van der Waals surface area (Å²) in [5.41, 5.74) is -1.79. The maximum Gasteiger partial charge on any atom is 0.275 e. The van der Waals surface area contributed by atoms with Gasteiger partial charge in [0.2, 0.25) is 0 Å². The van der Waals surface area contributed by atoms with Crippen LogP contribution >= 0.6 is 0 Å². The minimum atomic E-state index is -4.92. The van der Waals surface area contributed by atoms with E-state index < -0.39 is 43.8 Å². The van der Waals surface area contributed by atoms with Crippen molar-refractivity contribution in [2.75, 3.05) is 18.5 Å². The molecule has 0 saturated heterocycles. The number of hydrogen-bond acceptors (Lipinski definition) is 6. The summed E-state index contributed by atoms with van der Waals surface area (Å²) in [7, 11) is -2.31. The van der Waals surface area contributed by atoms with Gasteiger partial charge in [0.15, 0.2) is 17.9 Å². The third-order valence-electron chi connectivity index (χ3n) is 4.58. The van der Waals surface area contributed by atoms with Crippen LogP contribution in [0.5, 0.6) is 11.5 Å². The van der Waals surface area contributed by atoms with Gasteiger partial charge >= 0.3 is 0 Å². The van der Waals surface area contributed by atoms with Crippen molar-refractivity contribution < 1.29 is 40.7 Å². The number of amides is 1. The Labute approximate surface area is 187 Å². The minimum Gasteiger partial charge on any atom is -0.497 e.